The third-order valence-corrected chi connectivity index (χ3v) is 9.80. The Bertz CT molecular complexity index is 873. The van der Waals surface area contributed by atoms with Crippen LogP contribution in [0.25, 0.3) is 0 Å². The van der Waals surface area contributed by atoms with E-state index in [1.54, 1.807) is 10.9 Å². The summed E-state index contributed by atoms with van der Waals surface area (Å²) in [4.78, 5) is 28.5. The third kappa shape index (κ3) is 25.9. The van der Waals surface area contributed by atoms with Gasteiger partial charge in [0.25, 0.3) is 0 Å². The average Bonchev–Trinajstić information content (AvgIpc) is 3.55. The Morgan fingerprint density at radius 1 is 0.640 bits per heavy atom. The molecule has 1 aromatic heterocycles. The van der Waals surface area contributed by atoms with Crippen molar-refractivity contribution >= 4 is 11.9 Å². The van der Waals surface area contributed by atoms with E-state index in [4.69, 9.17) is 9.47 Å². The molecule has 2 atom stereocenters. The summed E-state index contributed by atoms with van der Waals surface area (Å²) >= 11 is 0. The number of rotatable bonds is 36. The Labute approximate surface area is 307 Å². The minimum Gasteiger partial charge on any atom is -0.462 e. The normalized spacial score (nSPS) is 12.8. The predicted molar refractivity (Wildman–Crippen MR) is 207 cm³/mol. The molecule has 0 saturated heterocycles. The van der Waals surface area contributed by atoms with Crippen molar-refractivity contribution in [2.24, 2.45) is 0 Å². The van der Waals surface area contributed by atoms with Gasteiger partial charge in [0.2, 0.25) is 0 Å². The first kappa shape index (κ1) is 46.1. The molecule has 0 bridgehead atoms. The van der Waals surface area contributed by atoms with Crippen LogP contribution >= 0.6 is 0 Å². The standard InChI is InChI=1S/C42H79N3O5/c1-5-9-13-17-19-23-27-39(25-21-15-11-7-3)49-41(47)29-31-44(36-38-35-43-45(37-38)33-34-46)32-30-42(48)50-40(26-22-16-12-8-4)28-24-20-18-14-10-6-2/h35,37,39-40,46H,5-34,36H2,1-4H3. The first-order valence-corrected chi connectivity index (χ1v) is 21.2. The summed E-state index contributed by atoms with van der Waals surface area (Å²) in [6.07, 6.45) is 32.3. The van der Waals surface area contributed by atoms with E-state index in [1.165, 1.54) is 103 Å². The number of aliphatic hydroxyl groups is 1. The highest BCUT2D eigenvalue weighted by Crippen LogP contribution is 2.19. The predicted octanol–water partition coefficient (Wildman–Crippen LogP) is 10.7. The lowest BCUT2D eigenvalue weighted by Crippen LogP contribution is -2.31. The summed E-state index contributed by atoms with van der Waals surface area (Å²) < 4.78 is 13.9. The van der Waals surface area contributed by atoms with Crippen LogP contribution in [0.4, 0.5) is 0 Å². The Morgan fingerprint density at radius 3 is 1.42 bits per heavy atom. The summed E-state index contributed by atoms with van der Waals surface area (Å²) in [5.41, 5.74) is 0.994. The van der Waals surface area contributed by atoms with Crippen molar-refractivity contribution in [3.05, 3.63) is 18.0 Å². The van der Waals surface area contributed by atoms with Gasteiger partial charge < -0.3 is 14.6 Å². The molecule has 0 aliphatic heterocycles. The van der Waals surface area contributed by atoms with E-state index in [1.807, 2.05) is 6.20 Å². The van der Waals surface area contributed by atoms with Gasteiger partial charge in [-0.2, -0.15) is 5.10 Å². The Hall–Kier alpha value is -1.93. The molecule has 0 radical (unpaired) electrons. The lowest BCUT2D eigenvalue weighted by atomic mass is 10.0. The van der Waals surface area contributed by atoms with E-state index in [-0.39, 0.29) is 30.8 Å². The second-order valence-electron chi connectivity index (χ2n) is 14.6. The number of ether oxygens (including phenoxy) is 2. The summed E-state index contributed by atoms with van der Waals surface area (Å²) in [6, 6.07) is 0. The number of unbranched alkanes of at least 4 members (excludes halogenated alkanes) is 16. The molecule has 50 heavy (non-hydrogen) atoms. The van der Waals surface area contributed by atoms with Crippen LogP contribution in [-0.2, 0) is 32.2 Å². The van der Waals surface area contributed by atoms with Crippen molar-refractivity contribution in [3.63, 3.8) is 0 Å². The van der Waals surface area contributed by atoms with Gasteiger partial charge in [0.1, 0.15) is 12.2 Å². The van der Waals surface area contributed by atoms with Crippen LogP contribution < -0.4 is 0 Å². The van der Waals surface area contributed by atoms with Crippen LogP contribution in [0.1, 0.15) is 200 Å². The van der Waals surface area contributed by atoms with Crippen molar-refractivity contribution in [2.45, 2.75) is 220 Å². The molecule has 0 saturated carbocycles. The Balaban J connectivity index is 2.77. The van der Waals surface area contributed by atoms with Gasteiger partial charge in [0.15, 0.2) is 0 Å². The highest BCUT2D eigenvalue weighted by atomic mass is 16.5. The van der Waals surface area contributed by atoms with E-state index in [0.29, 0.717) is 39.0 Å². The van der Waals surface area contributed by atoms with Gasteiger partial charge in [-0.25, -0.2) is 0 Å². The number of nitrogens with zero attached hydrogens (tertiary/aromatic N) is 3. The minimum absolute atomic E-state index is 0.00780. The minimum atomic E-state index is -0.147. The zero-order valence-electron chi connectivity index (χ0n) is 33.2. The van der Waals surface area contributed by atoms with E-state index < -0.39 is 0 Å². The topological polar surface area (TPSA) is 93.9 Å². The van der Waals surface area contributed by atoms with Crippen LogP contribution in [0.2, 0.25) is 0 Å². The quantitative estimate of drug-likeness (QED) is 0.0548. The van der Waals surface area contributed by atoms with Crippen LogP contribution in [0.15, 0.2) is 12.4 Å². The summed E-state index contributed by atoms with van der Waals surface area (Å²) in [6.45, 7) is 11.0. The van der Waals surface area contributed by atoms with Gasteiger partial charge in [0, 0.05) is 31.4 Å². The van der Waals surface area contributed by atoms with Gasteiger partial charge in [-0.3, -0.25) is 19.2 Å². The number of hydrogen-bond acceptors (Lipinski definition) is 7. The molecule has 0 fully saturated rings. The molecule has 1 aromatic rings. The van der Waals surface area contributed by atoms with Crippen LogP contribution in [0, 0.1) is 0 Å². The lowest BCUT2D eigenvalue weighted by Gasteiger charge is -2.23. The maximum atomic E-state index is 13.2. The summed E-state index contributed by atoms with van der Waals surface area (Å²) in [5.74, 6) is -0.294. The highest BCUT2D eigenvalue weighted by molar-refractivity contribution is 5.70. The zero-order chi connectivity index (χ0) is 36.5. The third-order valence-electron chi connectivity index (χ3n) is 9.80. The molecular weight excluding hydrogens is 626 g/mol. The molecule has 292 valence electrons. The fourth-order valence-electron chi connectivity index (χ4n) is 6.66. The molecular formula is C42H79N3O5. The number of hydrogen-bond donors (Lipinski definition) is 1. The molecule has 0 amide bonds. The molecule has 1 heterocycles. The highest BCUT2D eigenvalue weighted by Gasteiger charge is 2.19. The molecule has 8 nitrogen and oxygen atoms in total. The Kier molecular flexibility index (Phi) is 30.4. The largest absolute Gasteiger partial charge is 0.462 e. The van der Waals surface area contributed by atoms with Gasteiger partial charge >= 0.3 is 11.9 Å². The van der Waals surface area contributed by atoms with Gasteiger partial charge in [-0.15, -0.1) is 0 Å². The Morgan fingerprint density at radius 2 is 1.02 bits per heavy atom. The second kappa shape index (κ2) is 32.9. The lowest BCUT2D eigenvalue weighted by molar-refractivity contribution is -0.150. The number of aromatic nitrogens is 2. The molecule has 8 heteroatoms. The van der Waals surface area contributed by atoms with Crippen LogP contribution in [0.5, 0.6) is 0 Å². The first-order chi connectivity index (χ1) is 24.4. The smallest absolute Gasteiger partial charge is 0.307 e. The van der Waals surface area contributed by atoms with E-state index >= 15 is 0 Å². The number of carbonyl (C=O) groups excluding carboxylic acids is 2. The molecule has 2 unspecified atom stereocenters. The van der Waals surface area contributed by atoms with Crippen molar-refractivity contribution in [2.75, 3.05) is 19.7 Å². The van der Waals surface area contributed by atoms with Crippen molar-refractivity contribution in [3.8, 4) is 0 Å². The fraction of sp³-hybridized carbons (Fsp3) is 0.881. The van der Waals surface area contributed by atoms with Gasteiger partial charge in [-0.05, 0) is 51.4 Å². The average molecular weight is 706 g/mol. The first-order valence-electron chi connectivity index (χ1n) is 21.2. The van der Waals surface area contributed by atoms with Crippen molar-refractivity contribution in [1.29, 1.82) is 0 Å². The van der Waals surface area contributed by atoms with Crippen molar-refractivity contribution in [1.82, 2.24) is 14.7 Å². The zero-order valence-corrected chi connectivity index (χ0v) is 33.2. The van der Waals surface area contributed by atoms with E-state index in [9.17, 15) is 14.7 Å². The monoisotopic (exact) mass is 706 g/mol. The van der Waals surface area contributed by atoms with Gasteiger partial charge in [0.05, 0.1) is 32.2 Å². The van der Waals surface area contributed by atoms with Crippen LogP contribution in [0.3, 0.4) is 0 Å². The number of carbonyl (C=O) groups is 2. The van der Waals surface area contributed by atoms with Crippen molar-refractivity contribution < 1.29 is 24.2 Å². The molecule has 1 N–H and O–H groups in total. The molecule has 0 spiro atoms. The maximum Gasteiger partial charge on any atom is 0.307 e. The maximum absolute atomic E-state index is 13.2. The van der Waals surface area contributed by atoms with E-state index in [0.717, 1.165) is 56.9 Å². The second-order valence-corrected chi connectivity index (χ2v) is 14.6. The number of esters is 2. The fourth-order valence-corrected chi connectivity index (χ4v) is 6.66. The van der Waals surface area contributed by atoms with Gasteiger partial charge in [-0.1, -0.05) is 130 Å². The molecule has 1 rings (SSSR count). The molecule has 0 aliphatic carbocycles. The summed E-state index contributed by atoms with van der Waals surface area (Å²) in [5, 5.41) is 13.7. The molecule has 0 aromatic carbocycles. The molecule has 0 aliphatic rings. The summed E-state index contributed by atoms with van der Waals surface area (Å²) in [7, 11) is 0. The SMILES string of the molecule is CCCCCCCCC(CCCCCC)OC(=O)CCN(CCC(=O)OC(CCCCCC)CCCCCCCC)Cc1cnn(CCO)c1. The van der Waals surface area contributed by atoms with E-state index in [2.05, 4.69) is 37.7 Å². The number of aliphatic hydroxyl groups excluding tert-OH is 1. The van der Waals surface area contributed by atoms with Crippen LogP contribution in [-0.4, -0.2) is 63.6 Å².